The molecule has 2 fully saturated rings. The molecule has 0 radical (unpaired) electrons. The first kappa shape index (κ1) is 26.0. The Morgan fingerprint density at radius 1 is 0.953 bits per heavy atom. The Balaban J connectivity index is 1.22. The maximum atomic E-state index is 16.5. The highest BCUT2D eigenvalue weighted by Crippen LogP contribution is 2.40. The fraction of sp³-hybridized carbons (Fsp3) is 0.273. The smallest absolute Gasteiger partial charge is 0.319 e. The van der Waals surface area contributed by atoms with Crippen molar-refractivity contribution in [1.82, 2.24) is 29.8 Å². The van der Waals surface area contributed by atoms with Gasteiger partial charge in [-0.25, -0.2) is 13.8 Å². The third kappa shape index (κ3) is 4.36. The zero-order valence-corrected chi connectivity index (χ0v) is 23.4. The molecule has 2 aliphatic heterocycles. The van der Waals surface area contributed by atoms with Crippen molar-refractivity contribution in [1.29, 1.82) is 0 Å². The van der Waals surface area contributed by atoms with Crippen LogP contribution in [0.2, 0.25) is 0 Å². The van der Waals surface area contributed by atoms with Crippen LogP contribution in [0.1, 0.15) is 31.2 Å². The molecule has 8 rings (SSSR count). The molecule has 216 valence electrons. The van der Waals surface area contributed by atoms with Crippen LogP contribution in [0.5, 0.6) is 6.01 Å². The van der Waals surface area contributed by atoms with Gasteiger partial charge in [0.05, 0.1) is 10.9 Å². The lowest BCUT2D eigenvalue weighted by atomic mass is 9.95. The first-order valence-electron chi connectivity index (χ1n) is 14.7. The van der Waals surface area contributed by atoms with E-state index in [1.165, 1.54) is 6.07 Å². The van der Waals surface area contributed by atoms with E-state index in [0.29, 0.717) is 40.7 Å². The number of anilines is 1. The van der Waals surface area contributed by atoms with Crippen molar-refractivity contribution < 1.29 is 13.5 Å². The summed E-state index contributed by atoms with van der Waals surface area (Å²) in [7, 11) is 0. The molecular weight excluding hydrogens is 548 g/mol. The van der Waals surface area contributed by atoms with Gasteiger partial charge in [0.25, 0.3) is 0 Å². The molecule has 2 aliphatic rings. The monoisotopic (exact) mass is 577 g/mol. The van der Waals surface area contributed by atoms with Crippen LogP contribution in [0.15, 0.2) is 67.1 Å². The molecule has 6 aromatic rings. The molecule has 0 unspecified atom stereocenters. The fourth-order valence-electron chi connectivity index (χ4n) is 6.91. The number of halogens is 2. The molecule has 2 saturated heterocycles. The van der Waals surface area contributed by atoms with Crippen molar-refractivity contribution in [3.05, 3.63) is 84.3 Å². The number of nitrogens with zero attached hydrogens (tertiary/aromatic N) is 5. The molecule has 0 amide bonds. The number of fused-ring (bicyclic) bond motifs is 4. The van der Waals surface area contributed by atoms with Crippen molar-refractivity contribution in [3.63, 3.8) is 0 Å². The third-order valence-electron chi connectivity index (χ3n) is 9.04. The van der Waals surface area contributed by atoms with Crippen molar-refractivity contribution in [3.8, 4) is 17.3 Å². The Hall–Kier alpha value is -4.70. The quantitative estimate of drug-likeness (QED) is 0.220. The van der Waals surface area contributed by atoms with Gasteiger partial charge in [0.2, 0.25) is 0 Å². The van der Waals surface area contributed by atoms with Crippen molar-refractivity contribution in [2.75, 3.05) is 25.0 Å². The molecule has 8 nitrogen and oxygen atoms in total. The minimum atomic E-state index is -0.652. The van der Waals surface area contributed by atoms with Crippen LogP contribution in [-0.4, -0.2) is 55.1 Å². The minimum absolute atomic E-state index is 0.0224. The first-order valence-corrected chi connectivity index (χ1v) is 14.7. The zero-order chi connectivity index (χ0) is 29.0. The number of rotatable bonds is 7. The van der Waals surface area contributed by atoms with Crippen LogP contribution in [-0.2, 0) is 6.54 Å². The highest BCUT2D eigenvalue weighted by atomic mass is 19.1. The van der Waals surface area contributed by atoms with Crippen LogP contribution in [0, 0.1) is 11.6 Å². The van der Waals surface area contributed by atoms with Gasteiger partial charge in [-0.1, -0.05) is 30.3 Å². The number of aromatic nitrogens is 5. The van der Waals surface area contributed by atoms with E-state index in [9.17, 15) is 4.39 Å². The van der Waals surface area contributed by atoms with Gasteiger partial charge in [-0.05, 0) is 67.9 Å². The molecule has 0 atom stereocenters. The standard InChI is InChI=1S/C33H29F2N7O/c34-25-10-2-7-20-6-1-8-23(26(20)25)28-27(35)29-24(18-37-28)31(39-17-21-16-38-30-22(21)9-3-13-36-30)41-32(40-29)43-19-33-11-4-14-42(33)15-5-12-33/h1-3,6-10,13,16,18H,4-5,11-12,14-15,17,19H2,(H,36,38)(H,39,40,41). The van der Waals surface area contributed by atoms with Gasteiger partial charge in [0, 0.05) is 41.5 Å². The number of aromatic amines is 1. The number of nitrogens with one attached hydrogen (secondary N) is 2. The lowest BCUT2D eigenvalue weighted by Crippen LogP contribution is -2.43. The molecule has 0 aliphatic carbocycles. The predicted octanol–water partition coefficient (Wildman–Crippen LogP) is 6.62. The van der Waals surface area contributed by atoms with Crippen molar-refractivity contribution in [2.24, 2.45) is 0 Å². The Morgan fingerprint density at radius 2 is 1.79 bits per heavy atom. The minimum Gasteiger partial charge on any atom is -0.461 e. The van der Waals surface area contributed by atoms with Crippen LogP contribution in [0.25, 0.3) is 44.0 Å². The lowest BCUT2D eigenvalue weighted by molar-refractivity contribution is 0.108. The molecule has 2 aromatic carbocycles. The Bertz CT molecular complexity index is 1990. The second-order valence-corrected chi connectivity index (χ2v) is 11.5. The summed E-state index contributed by atoms with van der Waals surface area (Å²) in [6.45, 7) is 2.99. The number of hydrogen-bond acceptors (Lipinski definition) is 7. The maximum absolute atomic E-state index is 16.5. The average molecular weight is 578 g/mol. The van der Waals surface area contributed by atoms with E-state index in [0.717, 1.165) is 55.4 Å². The van der Waals surface area contributed by atoms with Crippen LogP contribution in [0.4, 0.5) is 14.6 Å². The molecule has 6 heterocycles. The summed E-state index contributed by atoms with van der Waals surface area (Å²) in [6, 6.07) is 14.0. The summed E-state index contributed by atoms with van der Waals surface area (Å²) in [4.78, 5) is 23.8. The largest absolute Gasteiger partial charge is 0.461 e. The molecule has 0 spiro atoms. The fourth-order valence-corrected chi connectivity index (χ4v) is 6.91. The Morgan fingerprint density at radius 3 is 2.65 bits per heavy atom. The highest BCUT2D eigenvalue weighted by molar-refractivity contribution is 5.99. The maximum Gasteiger partial charge on any atom is 0.319 e. The van der Waals surface area contributed by atoms with E-state index in [1.54, 1.807) is 42.7 Å². The molecule has 4 aromatic heterocycles. The van der Waals surface area contributed by atoms with Gasteiger partial charge < -0.3 is 15.0 Å². The third-order valence-corrected chi connectivity index (χ3v) is 9.04. The molecule has 10 heteroatoms. The second-order valence-electron chi connectivity index (χ2n) is 11.5. The number of ether oxygens (including phenoxy) is 1. The van der Waals surface area contributed by atoms with Gasteiger partial charge in [0.1, 0.15) is 35.1 Å². The summed E-state index contributed by atoms with van der Waals surface area (Å²) in [6.07, 6.45) is 9.58. The van der Waals surface area contributed by atoms with Crippen molar-refractivity contribution >= 4 is 38.5 Å². The Kier molecular flexibility index (Phi) is 6.18. The molecule has 0 saturated carbocycles. The summed E-state index contributed by atoms with van der Waals surface area (Å²) in [5.74, 6) is -0.678. The van der Waals surface area contributed by atoms with Crippen molar-refractivity contribution in [2.45, 2.75) is 37.8 Å². The normalized spacial score (nSPS) is 16.3. The van der Waals surface area contributed by atoms with Gasteiger partial charge >= 0.3 is 6.01 Å². The first-order chi connectivity index (χ1) is 21.1. The van der Waals surface area contributed by atoms with Gasteiger partial charge in [-0.3, -0.25) is 9.88 Å². The average Bonchev–Trinajstić information content (AvgIpc) is 3.74. The summed E-state index contributed by atoms with van der Waals surface area (Å²) < 4.78 is 37.7. The van der Waals surface area contributed by atoms with Crippen LogP contribution < -0.4 is 10.1 Å². The second kappa shape index (κ2) is 10.2. The summed E-state index contributed by atoms with van der Waals surface area (Å²) in [5.41, 5.74) is 2.21. The predicted molar refractivity (Wildman–Crippen MR) is 162 cm³/mol. The lowest BCUT2D eigenvalue weighted by Gasteiger charge is -2.31. The van der Waals surface area contributed by atoms with Gasteiger partial charge in [-0.2, -0.15) is 9.97 Å². The summed E-state index contributed by atoms with van der Waals surface area (Å²) >= 11 is 0. The van der Waals surface area contributed by atoms with Crippen LogP contribution in [0.3, 0.4) is 0 Å². The van der Waals surface area contributed by atoms with E-state index in [2.05, 4.69) is 30.2 Å². The molecular formula is C33H29F2N7O. The van der Waals surface area contributed by atoms with E-state index in [4.69, 9.17) is 9.72 Å². The van der Waals surface area contributed by atoms with Gasteiger partial charge in [0.15, 0.2) is 5.82 Å². The number of H-pyrrole nitrogens is 1. The number of pyridine rings is 2. The van der Waals surface area contributed by atoms with Crippen LogP contribution >= 0.6 is 0 Å². The number of benzene rings is 2. The Labute approximate surface area is 246 Å². The summed E-state index contributed by atoms with van der Waals surface area (Å²) in [5, 5.41) is 5.74. The molecule has 2 N–H and O–H groups in total. The van der Waals surface area contributed by atoms with Gasteiger partial charge in [-0.15, -0.1) is 0 Å². The zero-order valence-electron chi connectivity index (χ0n) is 23.4. The highest BCUT2D eigenvalue weighted by Gasteiger charge is 2.45. The molecule has 0 bridgehead atoms. The number of hydrogen-bond donors (Lipinski definition) is 2. The van der Waals surface area contributed by atoms with E-state index in [1.807, 2.05) is 18.3 Å². The topological polar surface area (TPSA) is 91.9 Å². The SMILES string of the molecule is Fc1c(-c2cccc3cccc(F)c23)ncc2c(NCc3c[nH]c4ncccc34)nc(OCC34CCCN3CCC4)nc12. The van der Waals surface area contributed by atoms with E-state index < -0.39 is 11.6 Å². The van der Waals surface area contributed by atoms with E-state index >= 15 is 4.39 Å². The molecule has 43 heavy (non-hydrogen) atoms. The van der Waals surface area contributed by atoms with E-state index in [-0.39, 0.29) is 22.8 Å².